The predicted octanol–water partition coefficient (Wildman–Crippen LogP) is 3.53. The van der Waals surface area contributed by atoms with Crippen LogP contribution in [0, 0.1) is 23.0 Å². The van der Waals surface area contributed by atoms with Crippen molar-refractivity contribution in [2.45, 2.75) is 46.6 Å². The van der Waals surface area contributed by atoms with E-state index in [1.165, 1.54) is 0 Å². The summed E-state index contributed by atoms with van der Waals surface area (Å²) in [6.07, 6.45) is 3.68. The quantitative estimate of drug-likeness (QED) is 0.620. The predicted molar refractivity (Wildman–Crippen MR) is 72.8 cm³/mol. The number of aromatic nitrogens is 1. The first-order chi connectivity index (χ1) is 8.45. The third-order valence-electron chi connectivity index (χ3n) is 3.14. The fourth-order valence-corrected chi connectivity index (χ4v) is 1.95. The van der Waals surface area contributed by atoms with Gasteiger partial charge in [-0.2, -0.15) is 0 Å². The standard InChI is InChI=1S/C13H21N3O2/c1-5-9(2)8-11(4)15-13-12(16(17)18)10(3)6-7-14-13/h6-7,9,11H,5,8H2,1-4H3,(H,14,15). The lowest BCUT2D eigenvalue weighted by Crippen LogP contribution is -2.20. The van der Waals surface area contributed by atoms with E-state index in [0.29, 0.717) is 17.3 Å². The summed E-state index contributed by atoms with van der Waals surface area (Å²) in [7, 11) is 0. The van der Waals surface area contributed by atoms with Crippen molar-refractivity contribution < 1.29 is 4.92 Å². The van der Waals surface area contributed by atoms with Gasteiger partial charge in [0.2, 0.25) is 5.82 Å². The second kappa shape index (κ2) is 6.33. The lowest BCUT2D eigenvalue weighted by atomic mass is 10.0. The molecule has 0 aliphatic rings. The summed E-state index contributed by atoms with van der Waals surface area (Å²) in [6.45, 7) is 8.07. The van der Waals surface area contributed by atoms with Crippen LogP contribution in [0.25, 0.3) is 0 Å². The normalized spacial score (nSPS) is 14.0. The monoisotopic (exact) mass is 251 g/mol. The third kappa shape index (κ3) is 3.68. The Labute approximate surface area is 108 Å². The number of pyridine rings is 1. The number of hydrogen-bond donors (Lipinski definition) is 1. The highest BCUT2D eigenvalue weighted by molar-refractivity contribution is 5.60. The molecule has 0 bridgehead atoms. The van der Waals surface area contributed by atoms with Crippen LogP contribution in [-0.2, 0) is 0 Å². The van der Waals surface area contributed by atoms with E-state index in [-0.39, 0.29) is 16.7 Å². The van der Waals surface area contributed by atoms with Gasteiger partial charge in [-0.15, -0.1) is 0 Å². The molecule has 0 fully saturated rings. The van der Waals surface area contributed by atoms with Gasteiger partial charge in [0, 0.05) is 17.8 Å². The largest absolute Gasteiger partial charge is 0.362 e. The molecule has 100 valence electrons. The molecule has 1 rings (SSSR count). The molecule has 1 N–H and O–H groups in total. The van der Waals surface area contributed by atoms with E-state index in [9.17, 15) is 10.1 Å². The first kappa shape index (κ1) is 14.4. The fraction of sp³-hybridized carbons (Fsp3) is 0.615. The molecule has 0 aromatic carbocycles. The Bertz CT molecular complexity index is 421. The van der Waals surface area contributed by atoms with Crippen LogP contribution < -0.4 is 5.32 Å². The van der Waals surface area contributed by atoms with Crippen LogP contribution in [0.2, 0.25) is 0 Å². The highest BCUT2D eigenvalue weighted by Gasteiger charge is 2.20. The van der Waals surface area contributed by atoms with Crippen molar-refractivity contribution in [1.29, 1.82) is 0 Å². The molecule has 0 saturated heterocycles. The summed E-state index contributed by atoms with van der Waals surface area (Å²) in [6, 6.07) is 1.83. The van der Waals surface area contributed by atoms with Crippen molar-refractivity contribution in [3.8, 4) is 0 Å². The molecule has 1 heterocycles. The second-order valence-electron chi connectivity index (χ2n) is 4.88. The fourth-order valence-electron chi connectivity index (χ4n) is 1.95. The molecule has 18 heavy (non-hydrogen) atoms. The van der Waals surface area contributed by atoms with Gasteiger partial charge in [0.1, 0.15) is 0 Å². The molecule has 2 atom stereocenters. The van der Waals surface area contributed by atoms with E-state index in [0.717, 1.165) is 12.8 Å². The Morgan fingerprint density at radius 2 is 2.17 bits per heavy atom. The van der Waals surface area contributed by atoms with Crippen molar-refractivity contribution >= 4 is 11.5 Å². The molecule has 1 aromatic heterocycles. The van der Waals surface area contributed by atoms with Gasteiger partial charge in [0.15, 0.2) is 0 Å². The average Bonchev–Trinajstić information content (AvgIpc) is 2.28. The molecule has 0 aliphatic carbocycles. The van der Waals surface area contributed by atoms with Crippen LogP contribution in [0.3, 0.4) is 0 Å². The number of hydrogen-bond acceptors (Lipinski definition) is 4. The maximum Gasteiger partial charge on any atom is 0.314 e. The number of rotatable bonds is 6. The van der Waals surface area contributed by atoms with Gasteiger partial charge < -0.3 is 5.32 Å². The SMILES string of the molecule is CCC(C)CC(C)Nc1nccc(C)c1[N+](=O)[O-]. The molecule has 5 heteroatoms. The van der Waals surface area contributed by atoms with Gasteiger partial charge in [0.05, 0.1) is 4.92 Å². The Kier molecular flexibility index (Phi) is 5.07. The number of anilines is 1. The van der Waals surface area contributed by atoms with E-state index in [2.05, 4.69) is 24.1 Å². The van der Waals surface area contributed by atoms with Crippen LogP contribution in [0.5, 0.6) is 0 Å². The van der Waals surface area contributed by atoms with E-state index in [4.69, 9.17) is 0 Å². The van der Waals surface area contributed by atoms with E-state index >= 15 is 0 Å². The molecule has 0 saturated carbocycles. The molecule has 5 nitrogen and oxygen atoms in total. The van der Waals surface area contributed by atoms with Crippen molar-refractivity contribution in [2.75, 3.05) is 5.32 Å². The molecular formula is C13H21N3O2. The van der Waals surface area contributed by atoms with Crippen molar-refractivity contribution in [2.24, 2.45) is 5.92 Å². The topological polar surface area (TPSA) is 68.1 Å². The Hall–Kier alpha value is -1.65. The summed E-state index contributed by atoms with van der Waals surface area (Å²) in [5.41, 5.74) is 0.710. The zero-order valence-electron chi connectivity index (χ0n) is 11.4. The van der Waals surface area contributed by atoms with Gasteiger partial charge in [-0.1, -0.05) is 20.3 Å². The molecule has 2 unspecified atom stereocenters. The molecular weight excluding hydrogens is 230 g/mol. The first-order valence-corrected chi connectivity index (χ1v) is 6.32. The first-order valence-electron chi connectivity index (χ1n) is 6.32. The number of nitrogens with one attached hydrogen (secondary N) is 1. The number of nitro groups is 1. The minimum Gasteiger partial charge on any atom is -0.362 e. The Balaban J connectivity index is 2.84. The van der Waals surface area contributed by atoms with Gasteiger partial charge in [-0.3, -0.25) is 10.1 Å². The maximum absolute atomic E-state index is 11.0. The van der Waals surface area contributed by atoms with Gasteiger partial charge in [-0.05, 0) is 32.3 Å². The van der Waals surface area contributed by atoms with Crippen LogP contribution in [0.4, 0.5) is 11.5 Å². The third-order valence-corrected chi connectivity index (χ3v) is 3.14. The summed E-state index contributed by atoms with van der Waals surface area (Å²) >= 11 is 0. The Morgan fingerprint density at radius 1 is 1.50 bits per heavy atom. The average molecular weight is 251 g/mol. The molecule has 0 aliphatic heterocycles. The van der Waals surface area contributed by atoms with Crippen molar-refractivity contribution in [1.82, 2.24) is 4.98 Å². The highest BCUT2D eigenvalue weighted by atomic mass is 16.6. The van der Waals surface area contributed by atoms with Gasteiger partial charge in [-0.25, -0.2) is 4.98 Å². The second-order valence-corrected chi connectivity index (χ2v) is 4.88. The minimum atomic E-state index is -0.374. The van der Waals surface area contributed by atoms with Crippen LogP contribution in [0.15, 0.2) is 12.3 Å². The maximum atomic E-state index is 11.0. The van der Waals surface area contributed by atoms with Crippen molar-refractivity contribution in [3.05, 3.63) is 27.9 Å². The molecule has 1 aromatic rings. The summed E-state index contributed by atoms with van der Waals surface area (Å²) < 4.78 is 0. The lowest BCUT2D eigenvalue weighted by Gasteiger charge is -2.18. The van der Waals surface area contributed by atoms with E-state index < -0.39 is 0 Å². The smallest absolute Gasteiger partial charge is 0.314 e. The molecule has 0 amide bonds. The van der Waals surface area contributed by atoms with Crippen LogP contribution in [-0.4, -0.2) is 15.9 Å². The lowest BCUT2D eigenvalue weighted by molar-refractivity contribution is -0.384. The zero-order valence-corrected chi connectivity index (χ0v) is 11.4. The van der Waals surface area contributed by atoms with E-state index in [1.54, 1.807) is 19.2 Å². The highest BCUT2D eigenvalue weighted by Crippen LogP contribution is 2.26. The van der Waals surface area contributed by atoms with Crippen LogP contribution in [0.1, 0.15) is 39.2 Å². The van der Waals surface area contributed by atoms with Gasteiger partial charge in [0.25, 0.3) is 0 Å². The number of aryl methyl sites for hydroxylation is 1. The van der Waals surface area contributed by atoms with Gasteiger partial charge >= 0.3 is 5.69 Å². The minimum absolute atomic E-state index is 0.0773. The summed E-state index contributed by atoms with van der Waals surface area (Å²) in [5.74, 6) is 0.965. The Morgan fingerprint density at radius 3 is 2.72 bits per heavy atom. The van der Waals surface area contributed by atoms with Crippen molar-refractivity contribution in [3.63, 3.8) is 0 Å². The summed E-state index contributed by atoms with van der Waals surface area (Å²) in [4.78, 5) is 14.7. The number of nitrogens with zero attached hydrogens (tertiary/aromatic N) is 2. The van der Waals surface area contributed by atoms with Crippen LogP contribution >= 0.6 is 0 Å². The zero-order chi connectivity index (χ0) is 13.7. The van der Waals surface area contributed by atoms with E-state index in [1.807, 2.05) is 6.92 Å². The summed E-state index contributed by atoms with van der Waals surface area (Å²) in [5, 5.41) is 14.2. The molecule has 0 radical (unpaired) electrons. The molecule has 0 spiro atoms.